The molecule has 0 radical (unpaired) electrons. The third-order valence-electron chi connectivity index (χ3n) is 4.61. The highest BCUT2D eigenvalue weighted by Gasteiger charge is 2.18. The van der Waals surface area contributed by atoms with Crippen molar-refractivity contribution in [2.45, 2.75) is 6.61 Å². The van der Waals surface area contributed by atoms with Gasteiger partial charge in [-0.1, -0.05) is 41.9 Å². The molecule has 1 heterocycles. The number of hydrogen-bond acceptors (Lipinski definition) is 6. The lowest BCUT2D eigenvalue weighted by Crippen LogP contribution is -2.22. The predicted octanol–water partition coefficient (Wildman–Crippen LogP) is 3.95. The third kappa shape index (κ3) is 6.68. The normalized spacial score (nSPS) is 10.4. The number of methoxy groups -OCH3 is 1. The number of rotatable bonds is 10. The van der Waals surface area contributed by atoms with Gasteiger partial charge in [-0.2, -0.15) is 0 Å². The Labute approximate surface area is 196 Å². The van der Waals surface area contributed by atoms with Crippen molar-refractivity contribution >= 4 is 29.1 Å². The molecule has 0 spiro atoms. The molecule has 0 unspecified atom stereocenters. The number of hydrogen-bond donors (Lipinski definition) is 2. The zero-order valence-corrected chi connectivity index (χ0v) is 19.0. The standard InChI is InChI=1S/C24H24ClN3O5/c1-26-23(29)19-14-27-22(25)13-20(19)28-24(30)18-12-17(8-9-21(18)31-2)33-11-10-32-15-16-6-4-3-5-7-16/h3-9,12-14H,10-11,15H2,1-2H3,(H,26,29)(H,27,28,30). The van der Waals surface area contributed by atoms with Gasteiger partial charge in [-0.3, -0.25) is 9.59 Å². The van der Waals surface area contributed by atoms with Crippen LogP contribution in [0.1, 0.15) is 26.3 Å². The monoisotopic (exact) mass is 469 g/mol. The first-order valence-electron chi connectivity index (χ1n) is 10.1. The van der Waals surface area contributed by atoms with Gasteiger partial charge in [-0.15, -0.1) is 0 Å². The number of aromatic nitrogens is 1. The molecule has 0 atom stereocenters. The molecule has 2 aromatic carbocycles. The first kappa shape index (κ1) is 24.0. The van der Waals surface area contributed by atoms with Crippen molar-refractivity contribution in [2.75, 3.05) is 32.7 Å². The summed E-state index contributed by atoms with van der Waals surface area (Å²) >= 11 is 5.95. The van der Waals surface area contributed by atoms with Gasteiger partial charge in [-0.05, 0) is 29.8 Å². The van der Waals surface area contributed by atoms with E-state index in [0.29, 0.717) is 31.3 Å². The van der Waals surface area contributed by atoms with Gasteiger partial charge in [0, 0.05) is 13.2 Å². The van der Waals surface area contributed by atoms with Crippen molar-refractivity contribution < 1.29 is 23.8 Å². The summed E-state index contributed by atoms with van der Waals surface area (Å²) < 4.78 is 16.7. The Morgan fingerprint density at radius 1 is 1.00 bits per heavy atom. The number of nitrogens with zero attached hydrogens (tertiary/aromatic N) is 1. The molecule has 0 aliphatic rings. The highest BCUT2D eigenvalue weighted by atomic mass is 35.5. The number of benzene rings is 2. The summed E-state index contributed by atoms with van der Waals surface area (Å²) in [6, 6.07) is 16.1. The molecule has 3 rings (SSSR count). The van der Waals surface area contributed by atoms with E-state index in [-0.39, 0.29) is 22.0 Å². The Bertz CT molecular complexity index is 1110. The van der Waals surface area contributed by atoms with Crippen LogP contribution in [0.4, 0.5) is 5.69 Å². The lowest BCUT2D eigenvalue weighted by Gasteiger charge is -2.14. The van der Waals surface area contributed by atoms with E-state index in [1.165, 1.54) is 26.4 Å². The SMILES string of the molecule is CNC(=O)c1cnc(Cl)cc1NC(=O)c1cc(OCCOCc2ccccc2)ccc1OC. The van der Waals surface area contributed by atoms with Gasteiger partial charge in [0.25, 0.3) is 11.8 Å². The second-order valence-corrected chi connectivity index (χ2v) is 7.22. The molecule has 0 aliphatic carbocycles. The fraction of sp³-hybridized carbons (Fsp3) is 0.208. The molecule has 3 aromatic rings. The van der Waals surface area contributed by atoms with Gasteiger partial charge in [0.2, 0.25) is 0 Å². The Kier molecular flexibility index (Phi) is 8.63. The van der Waals surface area contributed by atoms with Crippen LogP contribution in [0.3, 0.4) is 0 Å². The predicted molar refractivity (Wildman–Crippen MR) is 125 cm³/mol. The van der Waals surface area contributed by atoms with Crippen molar-refractivity contribution in [1.29, 1.82) is 0 Å². The van der Waals surface area contributed by atoms with E-state index in [1.807, 2.05) is 30.3 Å². The van der Waals surface area contributed by atoms with Crippen molar-refractivity contribution in [2.24, 2.45) is 0 Å². The summed E-state index contributed by atoms with van der Waals surface area (Å²) in [6.07, 6.45) is 1.29. The molecular weight excluding hydrogens is 446 g/mol. The molecule has 33 heavy (non-hydrogen) atoms. The molecule has 9 heteroatoms. The van der Waals surface area contributed by atoms with Crippen LogP contribution in [-0.4, -0.2) is 44.2 Å². The summed E-state index contributed by atoms with van der Waals surface area (Å²) in [4.78, 5) is 29.0. The van der Waals surface area contributed by atoms with Crippen LogP contribution in [0.15, 0.2) is 60.8 Å². The van der Waals surface area contributed by atoms with Crippen LogP contribution >= 0.6 is 11.6 Å². The molecule has 0 saturated heterocycles. The van der Waals surface area contributed by atoms with Crippen molar-refractivity contribution in [3.05, 3.63) is 82.6 Å². The van der Waals surface area contributed by atoms with E-state index in [2.05, 4.69) is 15.6 Å². The van der Waals surface area contributed by atoms with Crippen molar-refractivity contribution in [3.63, 3.8) is 0 Å². The molecule has 0 saturated carbocycles. The van der Waals surface area contributed by atoms with Gasteiger partial charge < -0.3 is 24.8 Å². The van der Waals surface area contributed by atoms with Gasteiger partial charge in [0.05, 0.1) is 37.1 Å². The minimum absolute atomic E-state index is 0.137. The number of anilines is 1. The smallest absolute Gasteiger partial charge is 0.259 e. The summed E-state index contributed by atoms with van der Waals surface area (Å²) in [7, 11) is 2.94. The highest BCUT2D eigenvalue weighted by molar-refractivity contribution is 6.30. The lowest BCUT2D eigenvalue weighted by atomic mass is 10.1. The fourth-order valence-electron chi connectivity index (χ4n) is 2.98. The average molecular weight is 470 g/mol. The second-order valence-electron chi connectivity index (χ2n) is 6.83. The number of carbonyl (C=O) groups excluding carboxylic acids is 2. The zero-order chi connectivity index (χ0) is 23.6. The van der Waals surface area contributed by atoms with E-state index < -0.39 is 11.8 Å². The Morgan fingerprint density at radius 2 is 1.79 bits per heavy atom. The molecule has 1 aromatic heterocycles. The molecule has 0 bridgehead atoms. The molecule has 2 N–H and O–H groups in total. The first-order valence-corrected chi connectivity index (χ1v) is 10.5. The molecule has 0 fully saturated rings. The van der Waals surface area contributed by atoms with Crippen LogP contribution in [0.25, 0.3) is 0 Å². The van der Waals surface area contributed by atoms with Crippen LogP contribution in [0.2, 0.25) is 5.15 Å². The maximum absolute atomic E-state index is 13.0. The maximum atomic E-state index is 13.0. The number of nitrogens with one attached hydrogen (secondary N) is 2. The molecule has 0 aliphatic heterocycles. The Balaban J connectivity index is 1.66. The zero-order valence-electron chi connectivity index (χ0n) is 18.3. The number of ether oxygens (including phenoxy) is 3. The minimum Gasteiger partial charge on any atom is -0.496 e. The second kappa shape index (κ2) is 11.8. The fourth-order valence-corrected chi connectivity index (χ4v) is 3.13. The third-order valence-corrected chi connectivity index (χ3v) is 4.82. The molecule has 2 amide bonds. The van der Waals surface area contributed by atoms with E-state index in [1.54, 1.807) is 18.2 Å². The number of pyridine rings is 1. The highest BCUT2D eigenvalue weighted by Crippen LogP contribution is 2.26. The number of amides is 2. The minimum atomic E-state index is -0.495. The summed E-state index contributed by atoms with van der Waals surface area (Å²) in [5, 5.41) is 5.33. The molecular formula is C24H24ClN3O5. The number of carbonyl (C=O) groups is 2. The van der Waals surface area contributed by atoms with Crippen LogP contribution in [0.5, 0.6) is 11.5 Å². The van der Waals surface area contributed by atoms with Gasteiger partial charge in [0.15, 0.2) is 0 Å². The van der Waals surface area contributed by atoms with Gasteiger partial charge in [-0.25, -0.2) is 4.98 Å². The Morgan fingerprint density at radius 3 is 2.52 bits per heavy atom. The first-order chi connectivity index (χ1) is 16.0. The van der Waals surface area contributed by atoms with Crippen LogP contribution in [0, 0.1) is 0 Å². The Hall–Kier alpha value is -3.62. The lowest BCUT2D eigenvalue weighted by molar-refractivity contribution is 0.0888. The largest absolute Gasteiger partial charge is 0.496 e. The average Bonchev–Trinajstić information content (AvgIpc) is 2.84. The summed E-state index contributed by atoms with van der Waals surface area (Å²) in [5.41, 5.74) is 1.71. The van der Waals surface area contributed by atoms with E-state index in [0.717, 1.165) is 5.56 Å². The van der Waals surface area contributed by atoms with Gasteiger partial charge in [0.1, 0.15) is 23.3 Å². The van der Waals surface area contributed by atoms with Crippen LogP contribution < -0.4 is 20.1 Å². The van der Waals surface area contributed by atoms with Crippen molar-refractivity contribution in [3.8, 4) is 11.5 Å². The van der Waals surface area contributed by atoms with E-state index in [4.69, 9.17) is 25.8 Å². The quantitative estimate of drug-likeness (QED) is 0.344. The van der Waals surface area contributed by atoms with E-state index >= 15 is 0 Å². The number of halogens is 1. The maximum Gasteiger partial charge on any atom is 0.259 e. The van der Waals surface area contributed by atoms with E-state index in [9.17, 15) is 9.59 Å². The van der Waals surface area contributed by atoms with Gasteiger partial charge >= 0.3 is 0 Å². The molecule has 8 nitrogen and oxygen atoms in total. The summed E-state index contributed by atoms with van der Waals surface area (Å²) in [6.45, 7) is 1.18. The van der Waals surface area contributed by atoms with Crippen molar-refractivity contribution in [1.82, 2.24) is 10.3 Å². The molecule has 172 valence electrons. The van der Waals surface area contributed by atoms with Crippen LogP contribution in [-0.2, 0) is 11.3 Å². The summed E-state index contributed by atoms with van der Waals surface area (Å²) in [5.74, 6) is -0.0792. The topological polar surface area (TPSA) is 98.8 Å².